The summed E-state index contributed by atoms with van der Waals surface area (Å²) in [6, 6.07) is 26.4. The van der Waals surface area contributed by atoms with Crippen molar-refractivity contribution in [2.75, 3.05) is 13.2 Å². The first kappa shape index (κ1) is 19.4. The molecule has 148 valence electrons. The summed E-state index contributed by atoms with van der Waals surface area (Å²) in [5.74, 6) is 0. The predicted molar refractivity (Wildman–Crippen MR) is 115 cm³/mol. The number of sulfonamides is 1. The van der Waals surface area contributed by atoms with E-state index in [1.54, 1.807) is 12.1 Å². The van der Waals surface area contributed by atoms with Gasteiger partial charge in [-0.3, -0.25) is 4.31 Å². The molecule has 1 saturated heterocycles. The van der Waals surface area contributed by atoms with Crippen molar-refractivity contribution in [3.8, 4) is 0 Å². The summed E-state index contributed by atoms with van der Waals surface area (Å²) in [5.41, 5.74) is 3.56. The number of rotatable bonds is 4. The Morgan fingerprint density at radius 3 is 2.17 bits per heavy atom. The largest absolute Gasteiger partial charge is 0.365 e. The fraction of sp³-hybridized carbons (Fsp3) is 0.167. The molecule has 3 aromatic carbocycles. The molecule has 0 bridgehead atoms. The van der Waals surface area contributed by atoms with Gasteiger partial charge in [-0.05, 0) is 36.3 Å². The third kappa shape index (κ3) is 4.26. The lowest BCUT2D eigenvalue weighted by Gasteiger charge is -2.36. The van der Waals surface area contributed by atoms with E-state index in [1.807, 2.05) is 85.8 Å². The number of ether oxygens (including phenoxy) is 1. The van der Waals surface area contributed by atoms with Gasteiger partial charge in [-0.1, -0.05) is 78.4 Å². The van der Waals surface area contributed by atoms with Crippen LogP contribution in [0.5, 0.6) is 0 Å². The number of nitrogens with zero attached hydrogens (tertiary/aromatic N) is 1. The maximum atomic E-state index is 13.5. The minimum Gasteiger partial charge on any atom is -0.365 e. The fourth-order valence-corrected chi connectivity index (χ4v) is 4.87. The van der Waals surface area contributed by atoms with E-state index >= 15 is 0 Å². The van der Waals surface area contributed by atoms with E-state index in [1.165, 1.54) is 4.31 Å². The normalized spacial score (nSPS) is 18.7. The minimum atomic E-state index is -3.70. The maximum absolute atomic E-state index is 13.5. The van der Waals surface area contributed by atoms with E-state index < -0.39 is 10.0 Å². The second kappa shape index (κ2) is 8.23. The number of morpholine rings is 1. The number of aryl methyl sites for hydroxylation is 1. The van der Waals surface area contributed by atoms with Crippen LogP contribution >= 0.6 is 0 Å². The highest BCUT2D eigenvalue weighted by molar-refractivity contribution is 7.89. The molecular formula is C24H23NO3S. The quantitative estimate of drug-likeness (QED) is 0.626. The van der Waals surface area contributed by atoms with Gasteiger partial charge in [0, 0.05) is 0 Å². The minimum absolute atomic E-state index is 0.222. The van der Waals surface area contributed by atoms with Crippen molar-refractivity contribution >= 4 is 16.1 Å². The molecule has 0 amide bonds. The van der Waals surface area contributed by atoms with Crippen molar-refractivity contribution in [3.05, 3.63) is 107 Å². The molecule has 0 aliphatic carbocycles. The molecule has 0 aromatic heterocycles. The van der Waals surface area contributed by atoms with Crippen LogP contribution in [0.1, 0.15) is 22.8 Å². The first-order valence-corrected chi connectivity index (χ1v) is 11.0. The predicted octanol–water partition coefficient (Wildman–Crippen LogP) is 4.80. The molecule has 3 aromatic rings. The van der Waals surface area contributed by atoms with Gasteiger partial charge in [0.15, 0.2) is 0 Å². The van der Waals surface area contributed by atoms with Gasteiger partial charge in [-0.2, -0.15) is 0 Å². The molecular weight excluding hydrogens is 382 g/mol. The third-order valence-electron chi connectivity index (χ3n) is 5.00. The first-order chi connectivity index (χ1) is 14.0. The average molecular weight is 406 g/mol. The average Bonchev–Trinajstić information content (AvgIpc) is 2.75. The van der Waals surface area contributed by atoms with Gasteiger partial charge in [0.2, 0.25) is 0 Å². The second-order valence-corrected chi connectivity index (χ2v) is 8.97. The van der Waals surface area contributed by atoms with Crippen molar-refractivity contribution < 1.29 is 13.2 Å². The number of hydrogen-bond donors (Lipinski definition) is 0. The van der Waals surface area contributed by atoms with Crippen LogP contribution in [-0.2, 0) is 14.8 Å². The zero-order chi connectivity index (χ0) is 20.3. The van der Waals surface area contributed by atoms with Crippen molar-refractivity contribution in [3.63, 3.8) is 0 Å². The van der Waals surface area contributed by atoms with E-state index in [0.29, 0.717) is 5.70 Å². The Morgan fingerprint density at radius 1 is 0.897 bits per heavy atom. The zero-order valence-corrected chi connectivity index (χ0v) is 17.0. The smallest absolute Gasteiger partial charge is 0.264 e. The van der Waals surface area contributed by atoms with Gasteiger partial charge in [0.1, 0.15) is 6.10 Å². The molecule has 1 heterocycles. The summed E-state index contributed by atoms with van der Waals surface area (Å²) in [4.78, 5) is 0.288. The summed E-state index contributed by atoms with van der Waals surface area (Å²) in [7, 11) is -3.70. The topological polar surface area (TPSA) is 46.6 Å². The molecule has 1 aliphatic heterocycles. The molecule has 0 N–H and O–H groups in total. The van der Waals surface area contributed by atoms with Crippen LogP contribution in [0.4, 0.5) is 0 Å². The van der Waals surface area contributed by atoms with E-state index in [4.69, 9.17) is 4.74 Å². The number of hydrogen-bond acceptors (Lipinski definition) is 3. The van der Waals surface area contributed by atoms with Gasteiger partial charge in [-0.25, -0.2) is 8.42 Å². The number of benzene rings is 3. The van der Waals surface area contributed by atoms with Gasteiger partial charge in [-0.15, -0.1) is 0 Å². The van der Waals surface area contributed by atoms with Gasteiger partial charge >= 0.3 is 0 Å². The molecule has 5 heteroatoms. The molecule has 0 radical (unpaired) electrons. The Hall–Kier alpha value is -2.89. The van der Waals surface area contributed by atoms with Gasteiger partial charge < -0.3 is 4.74 Å². The highest BCUT2D eigenvalue weighted by Crippen LogP contribution is 2.32. The van der Waals surface area contributed by atoms with Crippen LogP contribution in [0.15, 0.2) is 95.5 Å². The molecule has 1 unspecified atom stereocenters. The summed E-state index contributed by atoms with van der Waals surface area (Å²) in [6.45, 7) is 2.40. The molecule has 1 fully saturated rings. The van der Waals surface area contributed by atoms with E-state index in [-0.39, 0.29) is 24.2 Å². The van der Waals surface area contributed by atoms with Crippen LogP contribution in [0.3, 0.4) is 0 Å². The lowest BCUT2D eigenvalue weighted by atomic mass is 10.1. The molecule has 29 heavy (non-hydrogen) atoms. The Balaban J connectivity index is 1.74. The van der Waals surface area contributed by atoms with Crippen molar-refractivity contribution in [1.82, 2.24) is 4.31 Å². The second-order valence-electron chi connectivity index (χ2n) is 7.11. The van der Waals surface area contributed by atoms with E-state index in [2.05, 4.69) is 0 Å². The standard InChI is InChI=1S/C24H23NO3S/c1-19-12-14-23(15-13-19)29(26,27)25-17-24(21-10-6-3-7-11-21)28-18-22(25)16-20-8-4-2-5-9-20/h2-16,24H,17-18H2,1H3/b22-16+. The Labute approximate surface area is 172 Å². The van der Waals surface area contributed by atoms with Crippen LogP contribution in [0.25, 0.3) is 6.08 Å². The van der Waals surface area contributed by atoms with Crippen LogP contribution < -0.4 is 0 Å². The highest BCUT2D eigenvalue weighted by atomic mass is 32.2. The summed E-state index contributed by atoms with van der Waals surface area (Å²) in [5, 5.41) is 0. The van der Waals surface area contributed by atoms with Crippen LogP contribution in [0, 0.1) is 6.92 Å². The molecule has 1 aliphatic rings. The van der Waals surface area contributed by atoms with E-state index in [0.717, 1.165) is 16.7 Å². The van der Waals surface area contributed by atoms with Gasteiger partial charge in [0.25, 0.3) is 10.0 Å². The zero-order valence-electron chi connectivity index (χ0n) is 16.2. The van der Waals surface area contributed by atoms with Crippen molar-refractivity contribution in [2.45, 2.75) is 17.9 Å². The summed E-state index contributed by atoms with van der Waals surface area (Å²) < 4.78 is 34.6. The first-order valence-electron chi connectivity index (χ1n) is 9.55. The maximum Gasteiger partial charge on any atom is 0.264 e. The highest BCUT2D eigenvalue weighted by Gasteiger charge is 2.34. The molecule has 0 saturated carbocycles. The van der Waals surface area contributed by atoms with E-state index in [9.17, 15) is 8.42 Å². The lowest BCUT2D eigenvalue weighted by Crippen LogP contribution is -2.40. The van der Waals surface area contributed by atoms with Gasteiger partial charge in [0.05, 0.1) is 23.7 Å². The molecule has 1 atom stereocenters. The Bertz CT molecular complexity index is 1090. The fourth-order valence-electron chi connectivity index (χ4n) is 3.39. The summed E-state index contributed by atoms with van der Waals surface area (Å²) >= 11 is 0. The molecule has 4 rings (SSSR count). The third-order valence-corrected chi connectivity index (χ3v) is 6.83. The molecule has 0 spiro atoms. The van der Waals surface area contributed by atoms with Crippen LogP contribution in [-0.4, -0.2) is 25.9 Å². The van der Waals surface area contributed by atoms with Crippen molar-refractivity contribution in [1.29, 1.82) is 0 Å². The monoisotopic (exact) mass is 405 g/mol. The Morgan fingerprint density at radius 2 is 1.52 bits per heavy atom. The summed E-state index contributed by atoms with van der Waals surface area (Å²) in [6.07, 6.45) is 1.57. The Kier molecular flexibility index (Phi) is 5.51. The van der Waals surface area contributed by atoms with Crippen LogP contribution in [0.2, 0.25) is 0 Å². The van der Waals surface area contributed by atoms with Crippen molar-refractivity contribution in [2.24, 2.45) is 0 Å². The SMILES string of the molecule is Cc1ccc(S(=O)(=O)N2CC(c3ccccc3)OC/C2=C\c2ccccc2)cc1. The molecule has 4 nitrogen and oxygen atoms in total. The lowest BCUT2D eigenvalue weighted by molar-refractivity contribution is 0.0226.